The largest absolute Gasteiger partial charge is 0.388 e. The molecule has 1 aromatic carbocycles. The molecule has 1 amide bonds. The molecule has 4 unspecified atom stereocenters. The van der Waals surface area contributed by atoms with Gasteiger partial charge in [-0.1, -0.05) is 36.8 Å². The lowest BCUT2D eigenvalue weighted by Crippen LogP contribution is -2.50. The first kappa shape index (κ1) is 15.4. The predicted molar refractivity (Wildman–Crippen MR) is 83.4 cm³/mol. The Morgan fingerprint density at radius 1 is 1.27 bits per heavy atom. The minimum absolute atomic E-state index is 0.0184. The van der Waals surface area contributed by atoms with Crippen LogP contribution in [0.4, 0.5) is 0 Å². The van der Waals surface area contributed by atoms with Crippen molar-refractivity contribution >= 4 is 5.91 Å². The number of aliphatic hydroxyl groups excluding tert-OH is 1. The summed E-state index contributed by atoms with van der Waals surface area (Å²) in [5.41, 5.74) is 10.1. The van der Waals surface area contributed by atoms with Crippen molar-refractivity contribution in [3.8, 4) is 0 Å². The van der Waals surface area contributed by atoms with Crippen LogP contribution in [0.25, 0.3) is 0 Å². The molecule has 1 aromatic rings. The molecule has 2 fully saturated rings. The van der Waals surface area contributed by atoms with E-state index in [9.17, 15) is 9.90 Å². The molecule has 5 N–H and O–H groups in total. The van der Waals surface area contributed by atoms with Crippen LogP contribution in [0, 0.1) is 5.92 Å². The molecule has 3 rings (SSSR count). The van der Waals surface area contributed by atoms with Gasteiger partial charge in [0.25, 0.3) is 0 Å². The van der Waals surface area contributed by atoms with Gasteiger partial charge in [-0.3, -0.25) is 4.79 Å². The first-order valence-corrected chi connectivity index (χ1v) is 8.02. The Hall–Kier alpha value is -1.47. The van der Waals surface area contributed by atoms with Crippen molar-refractivity contribution in [3.05, 3.63) is 35.9 Å². The molecule has 1 aliphatic heterocycles. The fraction of sp³-hybridized carbons (Fsp3) is 0.562. The topological polar surface area (TPSA) is 85.4 Å². The van der Waals surface area contributed by atoms with E-state index in [0.29, 0.717) is 19.0 Å². The Bertz CT molecular complexity index is 496. The van der Waals surface area contributed by atoms with Crippen LogP contribution in [0.5, 0.6) is 0 Å². The summed E-state index contributed by atoms with van der Waals surface area (Å²) in [5, 5.41) is 13.1. The first-order valence-electron chi connectivity index (χ1n) is 8.02. The molecule has 1 aliphatic carbocycles. The van der Waals surface area contributed by atoms with Gasteiger partial charge in [0, 0.05) is 12.6 Å². The van der Waals surface area contributed by atoms with Crippen molar-refractivity contribution < 1.29 is 9.90 Å². The Kier molecular flexibility index (Phi) is 5.04. The third-order valence-corrected chi connectivity index (χ3v) is 4.63. The number of hydrogen-bond acceptors (Lipinski definition) is 5. The van der Waals surface area contributed by atoms with Gasteiger partial charge in [-0.2, -0.15) is 5.53 Å². The molecule has 4 atom stereocenters. The van der Waals surface area contributed by atoms with Crippen molar-refractivity contribution in [2.45, 2.75) is 43.9 Å². The van der Waals surface area contributed by atoms with Crippen molar-refractivity contribution in [2.24, 2.45) is 5.92 Å². The number of hydrogen-bond donors (Lipinski definition) is 5. The molecule has 120 valence electrons. The highest BCUT2D eigenvalue weighted by molar-refractivity contribution is 5.79. The van der Waals surface area contributed by atoms with Crippen molar-refractivity contribution in [1.82, 2.24) is 21.7 Å². The normalized spacial score (nSPS) is 28.9. The van der Waals surface area contributed by atoms with Crippen molar-refractivity contribution in [2.75, 3.05) is 6.54 Å². The maximum absolute atomic E-state index is 12.4. The number of benzene rings is 1. The second-order valence-corrected chi connectivity index (χ2v) is 6.09. The third-order valence-electron chi connectivity index (χ3n) is 4.63. The van der Waals surface area contributed by atoms with Crippen LogP contribution in [0.2, 0.25) is 0 Å². The number of hydrazine groups is 2. The molecule has 1 saturated heterocycles. The van der Waals surface area contributed by atoms with E-state index >= 15 is 0 Å². The third kappa shape index (κ3) is 3.47. The molecule has 1 saturated carbocycles. The minimum atomic E-state index is -0.534. The number of fused-ring (bicyclic) bond motifs is 1. The zero-order chi connectivity index (χ0) is 15.4. The lowest BCUT2D eigenvalue weighted by atomic mass is 9.81. The van der Waals surface area contributed by atoms with E-state index in [1.165, 1.54) is 0 Å². The number of rotatable bonds is 5. The molecule has 22 heavy (non-hydrogen) atoms. The van der Waals surface area contributed by atoms with E-state index in [0.717, 1.165) is 24.8 Å². The van der Waals surface area contributed by atoms with Crippen LogP contribution in [0.15, 0.2) is 30.3 Å². The molecule has 1 heterocycles. The average molecular weight is 304 g/mol. The predicted octanol–water partition coefficient (Wildman–Crippen LogP) is 0.376. The smallest absolute Gasteiger partial charge is 0.224 e. The molecular weight excluding hydrogens is 280 g/mol. The monoisotopic (exact) mass is 304 g/mol. The van der Waals surface area contributed by atoms with Gasteiger partial charge < -0.3 is 10.4 Å². The van der Waals surface area contributed by atoms with Crippen molar-refractivity contribution in [3.63, 3.8) is 0 Å². The summed E-state index contributed by atoms with van der Waals surface area (Å²) < 4.78 is 0. The van der Waals surface area contributed by atoms with E-state index in [1.54, 1.807) is 0 Å². The Labute approximate surface area is 130 Å². The van der Waals surface area contributed by atoms with Crippen LogP contribution in [0.3, 0.4) is 0 Å². The summed E-state index contributed by atoms with van der Waals surface area (Å²) in [6, 6.07) is 10.0. The molecule has 2 aliphatic rings. The number of aliphatic hydroxyl groups is 1. The average Bonchev–Trinajstić information content (AvgIpc) is 3.04. The van der Waals surface area contributed by atoms with E-state index < -0.39 is 6.10 Å². The van der Waals surface area contributed by atoms with E-state index in [-0.39, 0.29) is 17.9 Å². The zero-order valence-corrected chi connectivity index (χ0v) is 12.6. The highest BCUT2D eigenvalue weighted by Gasteiger charge is 2.40. The quantitative estimate of drug-likeness (QED) is 0.543. The summed E-state index contributed by atoms with van der Waals surface area (Å²) in [6.07, 6.45) is 3.04. The SMILES string of the molecule is O=C(NCCC(O)c1ccccc1)C1CCCC2NNNC21. The molecular formula is C16H24N4O2. The van der Waals surface area contributed by atoms with Crippen molar-refractivity contribution in [1.29, 1.82) is 0 Å². The summed E-state index contributed by atoms with van der Waals surface area (Å²) in [6.45, 7) is 0.490. The molecule has 0 bridgehead atoms. The minimum Gasteiger partial charge on any atom is -0.388 e. The highest BCUT2D eigenvalue weighted by Crippen LogP contribution is 2.26. The maximum Gasteiger partial charge on any atom is 0.224 e. The Morgan fingerprint density at radius 3 is 2.91 bits per heavy atom. The number of amides is 1. The standard InChI is InChI=1S/C16H24N4O2/c21-14(11-5-2-1-3-6-11)9-10-17-16(22)12-7-4-8-13-15(12)19-20-18-13/h1-3,5-6,12-15,18-21H,4,7-10H2,(H,17,22). The van der Waals surface area contributed by atoms with E-state index in [1.807, 2.05) is 30.3 Å². The highest BCUT2D eigenvalue weighted by atomic mass is 16.3. The Morgan fingerprint density at radius 2 is 2.09 bits per heavy atom. The summed E-state index contributed by atoms with van der Waals surface area (Å²) in [5.74, 6) is 0.0584. The van der Waals surface area contributed by atoms with Gasteiger partial charge in [0.05, 0.1) is 18.1 Å². The summed E-state index contributed by atoms with van der Waals surface area (Å²) in [7, 11) is 0. The Balaban J connectivity index is 1.46. The fourth-order valence-corrected chi connectivity index (χ4v) is 3.38. The summed E-state index contributed by atoms with van der Waals surface area (Å²) >= 11 is 0. The molecule has 6 nitrogen and oxygen atoms in total. The van der Waals surface area contributed by atoms with E-state index in [4.69, 9.17) is 0 Å². The van der Waals surface area contributed by atoms with E-state index in [2.05, 4.69) is 21.7 Å². The second kappa shape index (κ2) is 7.19. The molecule has 0 spiro atoms. The van der Waals surface area contributed by atoms with Gasteiger partial charge in [-0.25, -0.2) is 10.9 Å². The van der Waals surface area contributed by atoms with Crippen LogP contribution < -0.4 is 21.7 Å². The first-order chi connectivity index (χ1) is 10.8. The van der Waals surface area contributed by atoms with Crippen LogP contribution in [-0.2, 0) is 4.79 Å². The van der Waals surface area contributed by atoms with Gasteiger partial charge in [-0.15, -0.1) is 0 Å². The second-order valence-electron chi connectivity index (χ2n) is 6.09. The van der Waals surface area contributed by atoms with Crippen LogP contribution in [-0.4, -0.2) is 29.6 Å². The molecule has 0 aromatic heterocycles. The molecule has 6 heteroatoms. The fourth-order valence-electron chi connectivity index (χ4n) is 3.38. The van der Waals surface area contributed by atoms with Gasteiger partial charge in [0.15, 0.2) is 0 Å². The van der Waals surface area contributed by atoms with Gasteiger partial charge in [-0.05, 0) is 24.8 Å². The number of carbonyl (C=O) groups is 1. The van der Waals surface area contributed by atoms with Gasteiger partial charge in [0.2, 0.25) is 5.91 Å². The van der Waals surface area contributed by atoms with Crippen LogP contribution >= 0.6 is 0 Å². The maximum atomic E-state index is 12.4. The number of carbonyl (C=O) groups excluding carboxylic acids is 1. The summed E-state index contributed by atoms with van der Waals surface area (Å²) in [4.78, 5) is 12.4. The number of nitrogens with one attached hydrogen (secondary N) is 4. The van der Waals surface area contributed by atoms with Gasteiger partial charge in [0.1, 0.15) is 0 Å². The lowest BCUT2D eigenvalue weighted by molar-refractivity contribution is -0.126. The van der Waals surface area contributed by atoms with Crippen LogP contribution in [0.1, 0.15) is 37.4 Å². The molecule has 0 radical (unpaired) electrons. The van der Waals surface area contributed by atoms with Gasteiger partial charge >= 0.3 is 0 Å². The zero-order valence-electron chi connectivity index (χ0n) is 12.6. The lowest BCUT2D eigenvalue weighted by Gasteiger charge is -2.31.